The molecule has 1 heterocycles. The Bertz CT molecular complexity index is 683. The summed E-state index contributed by atoms with van der Waals surface area (Å²) in [5.41, 5.74) is 4.79. The number of hydrogen-bond acceptors (Lipinski definition) is 8. The molecule has 110 valence electrons. The van der Waals surface area contributed by atoms with Crippen molar-refractivity contribution in [2.75, 3.05) is 17.7 Å². The Morgan fingerprint density at radius 3 is 2.86 bits per heavy atom. The highest BCUT2D eigenvalue weighted by Crippen LogP contribution is 2.29. The summed E-state index contributed by atoms with van der Waals surface area (Å²) >= 11 is 0. The van der Waals surface area contributed by atoms with Crippen LogP contribution in [0.1, 0.15) is 17.4 Å². The van der Waals surface area contributed by atoms with Gasteiger partial charge in [0.05, 0.1) is 17.6 Å². The maximum absolute atomic E-state index is 11.9. The number of aromatic nitrogens is 2. The van der Waals surface area contributed by atoms with Gasteiger partial charge < -0.3 is 15.8 Å². The van der Waals surface area contributed by atoms with Gasteiger partial charge in [0.1, 0.15) is 11.4 Å². The van der Waals surface area contributed by atoms with Crippen molar-refractivity contribution in [3.05, 3.63) is 34.0 Å². The number of benzene rings is 1. The molecule has 0 fully saturated rings. The topological polar surface area (TPSA) is 146 Å². The zero-order valence-electron chi connectivity index (χ0n) is 10.9. The summed E-state index contributed by atoms with van der Waals surface area (Å²) in [4.78, 5) is 22.3. The zero-order chi connectivity index (χ0) is 15.4. The van der Waals surface area contributed by atoms with Crippen LogP contribution in [0.15, 0.2) is 22.8 Å². The highest BCUT2D eigenvalue weighted by atomic mass is 16.6. The number of nitrogens with two attached hydrogens (primary N) is 1. The van der Waals surface area contributed by atoms with Crippen LogP contribution in [0, 0.1) is 10.1 Å². The molecule has 1 amide bonds. The number of ether oxygens (including phenoxy) is 1. The molecule has 1 aromatic heterocycles. The van der Waals surface area contributed by atoms with Gasteiger partial charge in [-0.3, -0.25) is 14.9 Å². The molecule has 10 nitrogen and oxygen atoms in total. The Hall–Kier alpha value is -3.17. The van der Waals surface area contributed by atoms with Gasteiger partial charge in [-0.15, -0.1) is 0 Å². The summed E-state index contributed by atoms with van der Waals surface area (Å²) in [6.07, 6.45) is 0. The minimum Gasteiger partial charge on any atom is -0.494 e. The highest BCUT2D eigenvalue weighted by molar-refractivity contribution is 6.06. The van der Waals surface area contributed by atoms with Crippen molar-refractivity contribution >= 4 is 23.1 Å². The van der Waals surface area contributed by atoms with E-state index >= 15 is 0 Å². The minimum absolute atomic E-state index is 0.0177. The molecule has 0 saturated heterocycles. The lowest BCUT2D eigenvalue weighted by Gasteiger charge is -2.07. The average molecular weight is 293 g/mol. The largest absolute Gasteiger partial charge is 0.494 e. The Kier molecular flexibility index (Phi) is 3.97. The molecule has 0 saturated carbocycles. The van der Waals surface area contributed by atoms with Crippen molar-refractivity contribution in [3.63, 3.8) is 0 Å². The van der Waals surface area contributed by atoms with Crippen LogP contribution in [-0.2, 0) is 0 Å². The summed E-state index contributed by atoms with van der Waals surface area (Å²) in [5.74, 6) is -0.646. The van der Waals surface area contributed by atoms with Crippen LogP contribution in [0.2, 0.25) is 0 Å². The summed E-state index contributed by atoms with van der Waals surface area (Å²) < 4.78 is 9.47. The Morgan fingerprint density at radius 1 is 1.52 bits per heavy atom. The summed E-state index contributed by atoms with van der Waals surface area (Å²) in [5, 5.41) is 19.9. The normalized spacial score (nSPS) is 10.1. The van der Waals surface area contributed by atoms with E-state index in [1.165, 1.54) is 18.2 Å². The molecule has 3 N–H and O–H groups in total. The van der Waals surface area contributed by atoms with Gasteiger partial charge in [0.2, 0.25) is 11.5 Å². The monoisotopic (exact) mass is 293 g/mol. The fourth-order valence-corrected chi connectivity index (χ4v) is 1.56. The van der Waals surface area contributed by atoms with E-state index in [0.29, 0.717) is 12.4 Å². The van der Waals surface area contributed by atoms with E-state index in [4.69, 9.17) is 10.5 Å². The first kappa shape index (κ1) is 14.2. The first-order chi connectivity index (χ1) is 10.0. The molecular formula is C11H11N5O5. The van der Waals surface area contributed by atoms with Gasteiger partial charge in [0.25, 0.3) is 11.6 Å². The molecule has 0 unspecified atom stereocenters. The number of nitrogens with one attached hydrogen (secondary N) is 1. The van der Waals surface area contributed by atoms with Crippen LogP contribution in [0.25, 0.3) is 0 Å². The SMILES string of the molecule is CCOc1ccc(NC(=O)c2nonc2N)c([N+](=O)[O-])c1. The molecule has 0 aliphatic heterocycles. The molecule has 0 spiro atoms. The second-order valence-electron chi connectivity index (χ2n) is 3.82. The van der Waals surface area contributed by atoms with Crippen molar-refractivity contribution in [1.82, 2.24) is 10.3 Å². The Balaban J connectivity index is 2.29. The molecule has 0 aliphatic rings. The van der Waals surface area contributed by atoms with Crippen molar-refractivity contribution in [3.8, 4) is 5.75 Å². The zero-order valence-corrected chi connectivity index (χ0v) is 10.9. The van der Waals surface area contributed by atoms with Crippen LogP contribution in [0.4, 0.5) is 17.2 Å². The highest BCUT2D eigenvalue weighted by Gasteiger charge is 2.21. The van der Waals surface area contributed by atoms with Crippen LogP contribution < -0.4 is 15.8 Å². The lowest BCUT2D eigenvalue weighted by Crippen LogP contribution is -2.15. The van der Waals surface area contributed by atoms with Gasteiger partial charge in [0, 0.05) is 0 Å². The summed E-state index contributed by atoms with van der Waals surface area (Å²) in [7, 11) is 0. The number of carbonyl (C=O) groups excluding carboxylic acids is 1. The number of nitro groups is 1. The minimum atomic E-state index is -0.763. The number of hydrogen-bond donors (Lipinski definition) is 2. The van der Waals surface area contributed by atoms with Crippen LogP contribution >= 0.6 is 0 Å². The lowest BCUT2D eigenvalue weighted by atomic mass is 10.2. The molecule has 10 heteroatoms. The maximum atomic E-state index is 11.9. The van der Waals surface area contributed by atoms with Gasteiger partial charge in [-0.1, -0.05) is 0 Å². The number of nitro benzene ring substituents is 1. The number of anilines is 2. The number of amides is 1. The molecule has 1 aromatic carbocycles. The fraction of sp³-hybridized carbons (Fsp3) is 0.182. The molecule has 0 radical (unpaired) electrons. The third-order valence-electron chi connectivity index (χ3n) is 2.45. The Labute approximate surface area is 118 Å². The quantitative estimate of drug-likeness (QED) is 0.617. The van der Waals surface area contributed by atoms with Crippen molar-refractivity contribution < 1.29 is 19.1 Å². The molecular weight excluding hydrogens is 282 g/mol. The van der Waals surface area contributed by atoms with E-state index in [2.05, 4.69) is 20.3 Å². The average Bonchev–Trinajstić information content (AvgIpc) is 2.87. The van der Waals surface area contributed by atoms with E-state index in [9.17, 15) is 14.9 Å². The van der Waals surface area contributed by atoms with Crippen LogP contribution in [-0.4, -0.2) is 27.8 Å². The van der Waals surface area contributed by atoms with Gasteiger partial charge in [0.15, 0.2) is 0 Å². The number of nitrogen functional groups attached to an aromatic ring is 1. The first-order valence-corrected chi connectivity index (χ1v) is 5.83. The second kappa shape index (κ2) is 5.86. The summed E-state index contributed by atoms with van der Waals surface area (Å²) in [6, 6.07) is 4.06. The van der Waals surface area contributed by atoms with Gasteiger partial charge in [-0.05, 0) is 29.4 Å². The third-order valence-corrected chi connectivity index (χ3v) is 2.45. The number of nitrogens with zero attached hydrogens (tertiary/aromatic N) is 3. The van der Waals surface area contributed by atoms with Gasteiger partial charge in [-0.25, -0.2) is 4.63 Å². The summed E-state index contributed by atoms with van der Waals surface area (Å²) in [6.45, 7) is 2.12. The van der Waals surface area contributed by atoms with E-state index in [-0.39, 0.29) is 22.9 Å². The molecule has 2 rings (SSSR count). The maximum Gasteiger partial charge on any atom is 0.296 e. The molecule has 2 aromatic rings. The number of carbonyl (C=O) groups is 1. The molecule has 0 bridgehead atoms. The van der Waals surface area contributed by atoms with Crippen molar-refractivity contribution in [2.24, 2.45) is 0 Å². The van der Waals surface area contributed by atoms with Gasteiger partial charge >= 0.3 is 0 Å². The molecule has 0 aliphatic carbocycles. The van der Waals surface area contributed by atoms with E-state index < -0.39 is 10.8 Å². The third kappa shape index (κ3) is 3.05. The van der Waals surface area contributed by atoms with E-state index in [0.717, 1.165) is 0 Å². The van der Waals surface area contributed by atoms with Crippen LogP contribution in [0.5, 0.6) is 5.75 Å². The Morgan fingerprint density at radius 2 is 2.29 bits per heavy atom. The predicted molar refractivity (Wildman–Crippen MR) is 70.9 cm³/mol. The van der Waals surface area contributed by atoms with E-state index in [1.807, 2.05) is 0 Å². The van der Waals surface area contributed by atoms with Crippen molar-refractivity contribution in [2.45, 2.75) is 6.92 Å². The van der Waals surface area contributed by atoms with Crippen LogP contribution in [0.3, 0.4) is 0 Å². The van der Waals surface area contributed by atoms with E-state index in [1.54, 1.807) is 6.92 Å². The van der Waals surface area contributed by atoms with Crippen molar-refractivity contribution in [1.29, 1.82) is 0 Å². The smallest absolute Gasteiger partial charge is 0.296 e. The first-order valence-electron chi connectivity index (χ1n) is 5.83. The fourth-order valence-electron chi connectivity index (χ4n) is 1.56. The number of rotatable bonds is 5. The predicted octanol–water partition coefficient (Wildman–Crippen LogP) is 1.21. The molecule has 21 heavy (non-hydrogen) atoms. The van der Waals surface area contributed by atoms with Gasteiger partial charge in [-0.2, -0.15) is 0 Å². The molecule has 0 atom stereocenters. The standard InChI is InChI=1S/C11H11N5O5/c1-2-20-6-3-4-7(8(5-6)16(18)19)13-11(17)9-10(12)15-21-14-9/h3-5H,2H2,1H3,(H2,12,15)(H,13,17). The second-order valence-corrected chi connectivity index (χ2v) is 3.82. The lowest BCUT2D eigenvalue weighted by molar-refractivity contribution is -0.384.